The summed E-state index contributed by atoms with van der Waals surface area (Å²) in [7, 11) is 0. The monoisotopic (exact) mass is 209 g/mol. The fraction of sp³-hybridized carbons (Fsp3) is 0.444. The van der Waals surface area contributed by atoms with Crippen molar-refractivity contribution in [1.82, 2.24) is 4.98 Å². The Bertz CT molecular complexity index is 377. The molecule has 0 aromatic carbocycles. The molecule has 1 aliphatic heterocycles. The predicted octanol–water partition coefficient (Wildman–Crippen LogP) is 0.418. The molecule has 6 nitrogen and oxygen atoms in total. The lowest BCUT2D eigenvalue weighted by molar-refractivity contribution is -0.384. The van der Waals surface area contributed by atoms with Crippen LogP contribution in [0.2, 0.25) is 0 Å². The quantitative estimate of drug-likeness (QED) is 0.576. The second kappa shape index (κ2) is 3.82. The van der Waals surface area contributed by atoms with Gasteiger partial charge in [-0.3, -0.25) is 10.1 Å². The van der Waals surface area contributed by atoms with Crippen molar-refractivity contribution < 1.29 is 10.0 Å². The number of aliphatic hydroxyl groups excluding tert-OH is 1. The Hall–Kier alpha value is -1.69. The Morgan fingerprint density at radius 1 is 1.67 bits per heavy atom. The van der Waals surface area contributed by atoms with E-state index in [9.17, 15) is 10.1 Å². The summed E-state index contributed by atoms with van der Waals surface area (Å²) in [4.78, 5) is 16.1. The van der Waals surface area contributed by atoms with Crippen LogP contribution in [0.3, 0.4) is 0 Å². The van der Waals surface area contributed by atoms with Gasteiger partial charge in [0.1, 0.15) is 0 Å². The Balaban J connectivity index is 2.18. The molecule has 1 fully saturated rings. The van der Waals surface area contributed by atoms with Gasteiger partial charge >= 0.3 is 5.69 Å². The largest absolute Gasteiger partial charge is 0.396 e. The first-order valence-corrected chi connectivity index (χ1v) is 4.67. The first-order chi connectivity index (χ1) is 7.22. The highest BCUT2D eigenvalue weighted by Crippen LogP contribution is 2.30. The van der Waals surface area contributed by atoms with E-state index in [4.69, 9.17) is 5.11 Å². The molecule has 6 heteroatoms. The molecule has 2 rings (SSSR count). The number of aromatic nitrogens is 1. The summed E-state index contributed by atoms with van der Waals surface area (Å²) < 4.78 is 0. The third-order valence-corrected chi connectivity index (χ3v) is 2.48. The van der Waals surface area contributed by atoms with Gasteiger partial charge in [0.25, 0.3) is 0 Å². The molecule has 0 bridgehead atoms. The van der Waals surface area contributed by atoms with Crippen LogP contribution >= 0.6 is 0 Å². The Morgan fingerprint density at radius 3 is 3.00 bits per heavy atom. The zero-order valence-corrected chi connectivity index (χ0v) is 8.04. The van der Waals surface area contributed by atoms with E-state index in [1.54, 1.807) is 11.0 Å². The number of anilines is 1. The van der Waals surface area contributed by atoms with Crippen LogP contribution < -0.4 is 4.90 Å². The number of hydrogen-bond acceptors (Lipinski definition) is 5. The molecule has 0 spiro atoms. The molecule has 0 radical (unpaired) electrons. The summed E-state index contributed by atoms with van der Waals surface area (Å²) in [5.41, 5.74) is 0.0221. The maximum Gasteiger partial charge on any atom is 0.311 e. The van der Waals surface area contributed by atoms with E-state index in [1.165, 1.54) is 12.3 Å². The van der Waals surface area contributed by atoms with Crippen molar-refractivity contribution in [3.05, 3.63) is 28.4 Å². The third kappa shape index (κ3) is 1.75. The zero-order valence-electron chi connectivity index (χ0n) is 8.04. The highest BCUT2D eigenvalue weighted by molar-refractivity contribution is 5.58. The fourth-order valence-electron chi connectivity index (χ4n) is 1.63. The molecular weight excluding hydrogens is 198 g/mol. The summed E-state index contributed by atoms with van der Waals surface area (Å²) in [6.45, 7) is 1.39. The molecule has 2 heterocycles. The lowest BCUT2D eigenvalue weighted by Crippen LogP contribution is -2.49. The first kappa shape index (κ1) is 9.85. The number of hydrogen-bond donors (Lipinski definition) is 1. The zero-order chi connectivity index (χ0) is 10.8. The van der Waals surface area contributed by atoms with Gasteiger partial charge in [0.05, 0.1) is 4.92 Å². The van der Waals surface area contributed by atoms with Crippen LogP contribution in [0.15, 0.2) is 18.3 Å². The van der Waals surface area contributed by atoms with E-state index in [1.807, 2.05) is 0 Å². The number of aliphatic hydroxyl groups is 1. The van der Waals surface area contributed by atoms with Gasteiger partial charge in [-0.05, 0) is 6.07 Å². The van der Waals surface area contributed by atoms with Crippen LogP contribution in [-0.2, 0) is 0 Å². The lowest BCUT2D eigenvalue weighted by atomic mass is 10.0. The van der Waals surface area contributed by atoms with Crippen molar-refractivity contribution in [1.29, 1.82) is 0 Å². The third-order valence-electron chi connectivity index (χ3n) is 2.48. The highest BCUT2D eigenvalue weighted by atomic mass is 16.6. The van der Waals surface area contributed by atoms with Crippen molar-refractivity contribution in [2.45, 2.75) is 0 Å². The van der Waals surface area contributed by atoms with Crippen molar-refractivity contribution in [2.75, 3.05) is 24.6 Å². The molecule has 15 heavy (non-hydrogen) atoms. The average Bonchev–Trinajstić information content (AvgIpc) is 2.16. The van der Waals surface area contributed by atoms with Crippen LogP contribution in [0.4, 0.5) is 11.5 Å². The van der Waals surface area contributed by atoms with Gasteiger partial charge in [-0.25, -0.2) is 4.98 Å². The molecule has 1 aromatic heterocycles. The second-order valence-corrected chi connectivity index (χ2v) is 3.56. The van der Waals surface area contributed by atoms with Gasteiger partial charge < -0.3 is 10.0 Å². The maximum absolute atomic E-state index is 10.7. The van der Waals surface area contributed by atoms with Crippen molar-refractivity contribution in [2.24, 2.45) is 5.92 Å². The van der Waals surface area contributed by atoms with Crippen molar-refractivity contribution in [3.63, 3.8) is 0 Å². The van der Waals surface area contributed by atoms with Gasteiger partial charge in [-0.2, -0.15) is 0 Å². The van der Waals surface area contributed by atoms with Crippen LogP contribution in [0.1, 0.15) is 0 Å². The molecule has 1 saturated heterocycles. The van der Waals surface area contributed by atoms with E-state index in [0.29, 0.717) is 18.9 Å². The van der Waals surface area contributed by atoms with Gasteiger partial charge in [0, 0.05) is 37.9 Å². The Morgan fingerprint density at radius 2 is 2.40 bits per heavy atom. The number of nitro groups is 1. The topological polar surface area (TPSA) is 79.5 Å². The summed E-state index contributed by atoms with van der Waals surface area (Å²) in [5, 5.41) is 19.6. The smallest absolute Gasteiger partial charge is 0.311 e. The number of nitrogens with zero attached hydrogens (tertiary/aromatic N) is 3. The summed E-state index contributed by atoms with van der Waals surface area (Å²) >= 11 is 0. The number of rotatable bonds is 3. The van der Waals surface area contributed by atoms with E-state index < -0.39 is 4.92 Å². The molecule has 0 unspecified atom stereocenters. The SMILES string of the molecule is O=[N+]([O-])c1cccnc1N1CC(CO)C1. The number of pyridine rings is 1. The second-order valence-electron chi connectivity index (χ2n) is 3.56. The normalized spacial score (nSPS) is 16.2. The summed E-state index contributed by atoms with van der Waals surface area (Å²) in [6.07, 6.45) is 1.54. The molecule has 0 saturated carbocycles. The van der Waals surface area contributed by atoms with E-state index in [2.05, 4.69) is 4.98 Å². The molecule has 0 atom stereocenters. The van der Waals surface area contributed by atoms with Gasteiger partial charge in [0.15, 0.2) is 0 Å². The van der Waals surface area contributed by atoms with Gasteiger partial charge in [-0.15, -0.1) is 0 Å². The molecular formula is C9H11N3O3. The Kier molecular flexibility index (Phi) is 2.51. The van der Waals surface area contributed by atoms with Gasteiger partial charge in [-0.1, -0.05) is 0 Å². The minimum absolute atomic E-state index is 0.0221. The predicted molar refractivity (Wildman–Crippen MR) is 53.7 cm³/mol. The van der Waals surface area contributed by atoms with Crippen LogP contribution in [-0.4, -0.2) is 34.7 Å². The first-order valence-electron chi connectivity index (χ1n) is 4.67. The molecule has 80 valence electrons. The van der Waals surface area contributed by atoms with Crippen LogP contribution in [0.25, 0.3) is 0 Å². The minimum Gasteiger partial charge on any atom is -0.396 e. The summed E-state index contributed by atoms with van der Waals surface area (Å²) in [6, 6.07) is 2.99. The Labute approximate surface area is 86.3 Å². The lowest BCUT2D eigenvalue weighted by Gasteiger charge is -2.38. The molecule has 0 amide bonds. The molecule has 1 aliphatic rings. The van der Waals surface area contributed by atoms with Crippen LogP contribution in [0, 0.1) is 16.0 Å². The summed E-state index contributed by atoms with van der Waals surface area (Å²) in [5.74, 6) is 0.610. The van der Waals surface area contributed by atoms with Crippen LogP contribution in [0.5, 0.6) is 0 Å². The average molecular weight is 209 g/mol. The van der Waals surface area contributed by atoms with E-state index in [-0.39, 0.29) is 18.2 Å². The van der Waals surface area contributed by atoms with Gasteiger partial charge in [0.2, 0.25) is 5.82 Å². The minimum atomic E-state index is -0.436. The van der Waals surface area contributed by atoms with E-state index >= 15 is 0 Å². The van der Waals surface area contributed by atoms with Crippen molar-refractivity contribution >= 4 is 11.5 Å². The van der Waals surface area contributed by atoms with Crippen molar-refractivity contribution in [3.8, 4) is 0 Å². The maximum atomic E-state index is 10.7. The molecule has 1 aromatic rings. The van der Waals surface area contributed by atoms with E-state index in [0.717, 1.165) is 0 Å². The molecule has 1 N–H and O–H groups in total. The highest BCUT2D eigenvalue weighted by Gasteiger charge is 2.31. The standard InChI is InChI=1S/C9H11N3O3/c13-6-7-4-11(5-7)9-8(12(14)15)2-1-3-10-9/h1-3,7,13H,4-6H2. The fourth-order valence-corrected chi connectivity index (χ4v) is 1.63. The molecule has 0 aliphatic carbocycles.